The molecule has 42 heavy (non-hydrogen) atoms. The Morgan fingerprint density at radius 2 is 1.67 bits per heavy atom. The molecule has 2 amide bonds. The maximum atomic E-state index is 14.0. The third kappa shape index (κ3) is 6.33. The van der Waals surface area contributed by atoms with Crippen molar-refractivity contribution in [3.63, 3.8) is 0 Å². The molecule has 3 aliphatic heterocycles. The molecule has 8 heteroatoms. The van der Waals surface area contributed by atoms with Crippen molar-refractivity contribution in [3.05, 3.63) is 99.6 Å². The molecule has 0 unspecified atom stereocenters. The Labute approximate surface area is 253 Å². The van der Waals surface area contributed by atoms with Crippen LogP contribution < -0.4 is 15.5 Å². The minimum atomic E-state index is -0.646. The highest BCUT2D eigenvalue weighted by molar-refractivity contribution is 6.30. The number of amides is 2. The first-order chi connectivity index (χ1) is 20.5. The molecule has 220 valence electrons. The van der Waals surface area contributed by atoms with Gasteiger partial charge >= 0.3 is 0 Å². The summed E-state index contributed by atoms with van der Waals surface area (Å²) >= 11 is 6.12. The first-order valence-electron chi connectivity index (χ1n) is 15.2. The second kappa shape index (κ2) is 12.9. The number of halogens is 1. The van der Waals surface area contributed by atoms with Crippen LogP contribution in [0.25, 0.3) is 0 Å². The van der Waals surface area contributed by atoms with Crippen LogP contribution in [-0.2, 0) is 41.9 Å². The molecule has 3 aromatic rings. The Hall–Kier alpha value is -3.39. The average Bonchev–Trinajstić information content (AvgIpc) is 3.04. The normalized spacial score (nSPS) is 19.5. The lowest BCUT2D eigenvalue weighted by Crippen LogP contribution is -2.58. The van der Waals surface area contributed by atoms with E-state index >= 15 is 0 Å². The van der Waals surface area contributed by atoms with Gasteiger partial charge in [-0.1, -0.05) is 67.1 Å². The molecule has 3 heterocycles. The molecule has 0 bridgehead atoms. The predicted molar refractivity (Wildman–Crippen MR) is 168 cm³/mol. The number of hydrogen-bond acceptors (Lipinski definition) is 5. The quantitative estimate of drug-likeness (QED) is 0.441. The SMILES string of the molecule is CCN1CCc2cccc(N3CCN(C(=O)[C@@H](Cc4ccc(Cl)cc4)NC(=O)[C@H]4Cc5ccccc5CN4)CC3)c2C1. The highest BCUT2D eigenvalue weighted by Crippen LogP contribution is 2.30. The second-order valence-corrected chi connectivity index (χ2v) is 12.1. The zero-order chi connectivity index (χ0) is 29.1. The standard InChI is InChI=1S/C34H40ClN5O2/c1-2-38-15-14-25-8-5-9-32(29(25)23-38)39-16-18-40(19-17-39)34(42)31(20-24-10-12-28(35)13-11-24)37-33(41)30-21-26-6-3-4-7-27(26)22-36-30/h3-13,30-31,36H,2,14-23H2,1H3,(H,37,41)/t30-,31-/m1/s1. The average molecular weight is 586 g/mol. The summed E-state index contributed by atoms with van der Waals surface area (Å²) in [5.74, 6) is -0.159. The summed E-state index contributed by atoms with van der Waals surface area (Å²) in [5.41, 5.74) is 7.54. The smallest absolute Gasteiger partial charge is 0.245 e. The minimum absolute atomic E-state index is 0.0265. The molecule has 2 atom stereocenters. The summed E-state index contributed by atoms with van der Waals surface area (Å²) in [6, 6.07) is 21.4. The number of carbonyl (C=O) groups excluding carboxylic acids is 2. The summed E-state index contributed by atoms with van der Waals surface area (Å²) in [6.45, 7) is 8.82. The molecule has 6 rings (SSSR count). The van der Waals surface area contributed by atoms with Crippen LogP contribution in [0.3, 0.4) is 0 Å². The lowest BCUT2D eigenvalue weighted by Gasteiger charge is -2.40. The number of fused-ring (bicyclic) bond motifs is 2. The van der Waals surface area contributed by atoms with E-state index in [1.54, 1.807) is 0 Å². The first-order valence-corrected chi connectivity index (χ1v) is 15.6. The summed E-state index contributed by atoms with van der Waals surface area (Å²) in [5, 5.41) is 7.14. The van der Waals surface area contributed by atoms with Crippen molar-refractivity contribution in [2.75, 3.05) is 44.2 Å². The Kier molecular flexibility index (Phi) is 8.79. The van der Waals surface area contributed by atoms with Crippen LogP contribution >= 0.6 is 11.6 Å². The van der Waals surface area contributed by atoms with Gasteiger partial charge in [0, 0.05) is 62.9 Å². The zero-order valence-electron chi connectivity index (χ0n) is 24.3. The number of benzene rings is 3. The summed E-state index contributed by atoms with van der Waals surface area (Å²) in [6.07, 6.45) is 2.12. The Morgan fingerprint density at radius 3 is 2.43 bits per heavy atom. The van der Waals surface area contributed by atoms with E-state index in [-0.39, 0.29) is 17.9 Å². The number of piperazine rings is 1. The summed E-state index contributed by atoms with van der Waals surface area (Å²) in [7, 11) is 0. The Balaban J connectivity index is 1.14. The van der Waals surface area contributed by atoms with Crippen molar-refractivity contribution in [1.29, 1.82) is 0 Å². The van der Waals surface area contributed by atoms with E-state index in [0.717, 1.165) is 44.7 Å². The van der Waals surface area contributed by atoms with Gasteiger partial charge in [0.15, 0.2) is 0 Å². The van der Waals surface area contributed by atoms with Gasteiger partial charge in [0.2, 0.25) is 11.8 Å². The van der Waals surface area contributed by atoms with Gasteiger partial charge < -0.3 is 20.4 Å². The van der Waals surface area contributed by atoms with Crippen LogP contribution in [0.1, 0.15) is 34.7 Å². The van der Waals surface area contributed by atoms with Crippen LogP contribution in [-0.4, -0.2) is 73.0 Å². The van der Waals surface area contributed by atoms with Crippen molar-refractivity contribution in [2.45, 2.75) is 51.4 Å². The molecule has 7 nitrogen and oxygen atoms in total. The van der Waals surface area contributed by atoms with Crippen molar-refractivity contribution >= 4 is 29.1 Å². The number of nitrogens with one attached hydrogen (secondary N) is 2. The maximum Gasteiger partial charge on any atom is 0.245 e. The number of likely N-dealkylation sites (N-methyl/N-ethyl adjacent to an activating group) is 1. The van der Waals surface area contributed by atoms with Gasteiger partial charge in [-0.2, -0.15) is 0 Å². The largest absolute Gasteiger partial charge is 0.368 e. The van der Waals surface area contributed by atoms with Gasteiger partial charge in [-0.05, 0) is 65.4 Å². The fraction of sp³-hybridized carbons (Fsp3) is 0.412. The van der Waals surface area contributed by atoms with E-state index in [2.05, 4.69) is 57.7 Å². The van der Waals surface area contributed by atoms with E-state index in [1.807, 2.05) is 41.3 Å². The van der Waals surface area contributed by atoms with Crippen LogP contribution in [0.2, 0.25) is 5.02 Å². The highest BCUT2D eigenvalue weighted by Gasteiger charge is 2.33. The van der Waals surface area contributed by atoms with Gasteiger partial charge in [0.1, 0.15) is 6.04 Å². The molecule has 3 aliphatic rings. The minimum Gasteiger partial charge on any atom is -0.368 e. The molecule has 0 spiro atoms. The van der Waals surface area contributed by atoms with Crippen LogP contribution in [0.4, 0.5) is 5.69 Å². The van der Waals surface area contributed by atoms with Crippen LogP contribution in [0.5, 0.6) is 0 Å². The molecule has 0 aromatic heterocycles. The van der Waals surface area contributed by atoms with Crippen molar-refractivity contribution < 1.29 is 9.59 Å². The maximum absolute atomic E-state index is 14.0. The molecule has 1 fully saturated rings. The van der Waals surface area contributed by atoms with E-state index in [4.69, 9.17) is 11.6 Å². The van der Waals surface area contributed by atoms with Gasteiger partial charge in [-0.15, -0.1) is 0 Å². The third-order valence-corrected chi connectivity index (χ3v) is 9.32. The molecule has 0 saturated carbocycles. The number of hydrogen-bond donors (Lipinski definition) is 2. The van der Waals surface area contributed by atoms with Crippen molar-refractivity contribution in [2.24, 2.45) is 0 Å². The number of carbonyl (C=O) groups is 2. The molecule has 1 saturated heterocycles. The molecule has 3 aromatic carbocycles. The Morgan fingerprint density at radius 1 is 0.929 bits per heavy atom. The summed E-state index contributed by atoms with van der Waals surface area (Å²) in [4.78, 5) is 34.3. The number of rotatable bonds is 7. The van der Waals surface area contributed by atoms with Gasteiger partial charge in [-0.25, -0.2) is 0 Å². The second-order valence-electron chi connectivity index (χ2n) is 11.6. The fourth-order valence-electron chi connectivity index (χ4n) is 6.54. The molecule has 2 N–H and O–H groups in total. The lowest BCUT2D eigenvalue weighted by molar-refractivity contribution is -0.137. The van der Waals surface area contributed by atoms with E-state index in [9.17, 15) is 9.59 Å². The first kappa shape index (κ1) is 28.7. The van der Waals surface area contributed by atoms with Gasteiger partial charge in [0.05, 0.1) is 6.04 Å². The van der Waals surface area contributed by atoms with Crippen LogP contribution in [0, 0.1) is 0 Å². The third-order valence-electron chi connectivity index (χ3n) is 9.07. The Bertz CT molecular complexity index is 1420. The van der Waals surface area contributed by atoms with E-state index < -0.39 is 6.04 Å². The van der Waals surface area contributed by atoms with E-state index in [0.29, 0.717) is 37.5 Å². The highest BCUT2D eigenvalue weighted by atomic mass is 35.5. The molecular formula is C34H40ClN5O2. The monoisotopic (exact) mass is 585 g/mol. The van der Waals surface area contributed by atoms with Gasteiger partial charge in [-0.3, -0.25) is 14.5 Å². The van der Waals surface area contributed by atoms with Crippen molar-refractivity contribution in [3.8, 4) is 0 Å². The molecule has 0 aliphatic carbocycles. The molecular weight excluding hydrogens is 546 g/mol. The number of nitrogens with zero attached hydrogens (tertiary/aromatic N) is 3. The zero-order valence-corrected chi connectivity index (χ0v) is 25.1. The lowest BCUT2D eigenvalue weighted by atomic mass is 9.95. The predicted octanol–water partition coefficient (Wildman–Crippen LogP) is 3.81. The topological polar surface area (TPSA) is 67.9 Å². The van der Waals surface area contributed by atoms with E-state index in [1.165, 1.54) is 27.9 Å². The fourth-order valence-corrected chi connectivity index (χ4v) is 6.67. The van der Waals surface area contributed by atoms with Crippen molar-refractivity contribution in [1.82, 2.24) is 20.4 Å². The van der Waals surface area contributed by atoms with Crippen LogP contribution in [0.15, 0.2) is 66.7 Å². The number of anilines is 1. The van der Waals surface area contributed by atoms with Gasteiger partial charge in [0.25, 0.3) is 0 Å². The molecule has 0 radical (unpaired) electrons. The summed E-state index contributed by atoms with van der Waals surface area (Å²) < 4.78 is 0.